The van der Waals surface area contributed by atoms with Crippen LogP contribution in [0.15, 0.2) is 99.9 Å². The third-order valence-corrected chi connectivity index (χ3v) is 6.36. The second-order valence-electron chi connectivity index (χ2n) is 7.09. The molecule has 28 heavy (non-hydrogen) atoms. The van der Waals surface area contributed by atoms with Crippen molar-refractivity contribution in [3.05, 3.63) is 95.5 Å². The van der Waals surface area contributed by atoms with Crippen molar-refractivity contribution in [3.63, 3.8) is 0 Å². The van der Waals surface area contributed by atoms with Crippen LogP contribution < -0.4 is 0 Å². The molecule has 0 unspecified atom stereocenters. The summed E-state index contributed by atoms with van der Waals surface area (Å²) in [5.74, 6) is 0. The molecular formula is C26H15BrO. The van der Waals surface area contributed by atoms with Crippen LogP contribution in [-0.4, -0.2) is 0 Å². The Labute approximate surface area is 170 Å². The van der Waals surface area contributed by atoms with E-state index < -0.39 is 0 Å². The molecule has 1 aromatic heterocycles. The standard InChI is InChI=1S/C26H15BrO/c27-26-22-11-4-2-8-18(22)17-7-1-3-10-21(17)25(26)16-13-14-20-19-9-5-6-12-23(19)28-24(20)15-16/h1-15H. The van der Waals surface area contributed by atoms with Crippen molar-refractivity contribution in [1.82, 2.24) is 0 Å². The molecule has 0 aliphatic carbocycles. The van der Waals surface area contributed by atoms with E-state index >= 15 is 0 Å². The Morgan fingerprint density at radius 2 is 1.07 bits per heavy atom. The molecule has 0 aliphatic rings. The van der Waals surface area contributed by atoms with Gasteiger partial charge < -0.3 is 4.42 Å². The van der Waals surface area contributed by atoms with Gasteiger partial charge in [-0.05, 0) is 61.2 Å². The second kappa shape index (κ2) is 5.95. The number of hydrogen-bond acceptors (Lipinski definition) is 1. The number of furan rings is 1. The largest absolute Gasteiger partial charge is 0.456 e. The summed E-state index contributed by atoms with van der Waals surface area (Å²) in [6.45, 7) is 0. The Morgan fingerprint density at radius 3 is 1.86 bits per heavy atom. The van der Waals surface area contributed by atoms with Crippen molar-refractivity contribution in [2.75, 3.05) is 0 Å². The quantitative estimate of drug-likeness (QED) is 0.242. The minimum Gasteiger partial charge on any atom is -0.456 e. The first-order valence-electron chi connectivity index (χ1n) is 9.32. The Bertz CT molecular complexity index is 1520. The van der Waals surface area contributed by atoms with E-state index in [1.165, 1.54) is 27.1 Å². The average molecular weight is 423 g/mol. The zero-order valence-electron chi connectivity index (χ0n) is 14.9. The molecule has 0 saturated carbocycles. The van der Waals surface area contributed by atoms with E-state index in [0.29, 0.717) is 0 Å². The van der Waals surface area contributed by atoms with Gasteiger partial charge in [0, 0.05) is 20.8 Å². The van der Waals surface area contributed by atoms with Gasteiger partial charge in [-0.2, -0.15) is 0 Å². The summed E-state index contributed by atoms with van der Waals surface area (Å²) < 4.78 is 7.26. The molecule has 5 aromatic carbocycles. The Hall–Kier alpha value is -3.10. The predicted octanol–water partition coefficient (Wildman–Crippen LogP) is 8.32. The number of hydrogen-bond donors (Lipinski definition) is 0. The van der Waals surface area contributed by atoms with E-state index in [0.717, 1.165) is 32.0 Å². The predicted molar refractivity (Wildman–Crippen MR) is 122 cm³/mol. The fourth-order valence-corrected chi connectivity index (χ4v) is 5.05. The van der Waals surface area contributed by atoms with E-state index in [1.54, 1.807) is 0 Å². The van der Waals surface area contributed by atoms with Crippen LogP contribution in [0.1, 0.15) is 0 Å². The van der Waals surface area contributed by atoms with Gasteiger partial charge >= 0.3 is 0 Å². The summed E-state index contributed by atoms with van der Waals surface area (Å²) in [4.78, 5) is 0. The van der Waals surface area contributed by atoms with Crippen LogP contribution in [0.5, 0.6) is 0 Å². The summed E-state index contributed by atoms with van der Waals surface area (Å²) in [5.41, 5.74) is 4.21. The molecule has 0 bridgehead atoms. The molecule has 0 radical (unpaired) electrons. The molecule has 2 heteroatoms. The van der Waals surface area contributed by atoms with Crippen molar-refractivity contribution in [2.24, 2.45) is 0 Å². The Balaban J connectivity index is 1.74. The van der Waals surface area contributed by atoms with Gasteiger partial charge in [0.05, 0.1) is 0 Å². The van der Waals surface area contributed by atoms with Crippen molar-refractivity contribution >= 4 is 59.4 Å². The monoisotopic (exact) mass is 422 g/mol. The van der Waals surface area contributed by atoms with Crippen LogP contribution in [0.2, 0.25) is 0 Å². The normalized spacial score (nSPS) is 11.8. The molecule has 0 spiro atoms. The summed E-state index contributed by atoms with van der Waals surface area (Å²) in [6.07, 6.45) is 0. The van der Waals surface area contributed by atoms with E-state index in [-0.39, 0.29) is 0 Å². The molecule has 132 valence electrons. The highest BCUT2D eigenvalue weighted by molar-refractivity contribution is 9.10. The first-order valence-corrected chi connectivity index (χ1v) is 10.1. The van der Waals surface area contributed by atoms with Gasteiger partial charge in [0.25, 0.3) is 0 Å². The SMILES string of the molecule is Brc1c(-c2ccc3c(c2)oc2ccccc23)c2ccccc2c2ccccc12. The zero-order valence-corrected chi connectivity index (χ0v) is 16.5. The Kier molecular flexibility index (Phi) is 3.38. The molecule has 6 rings (SSSR count). The molecule has 0 amide bonds. The number of halogens is 1. The van der Waals surface area contributed by atoms with Crippen molar-refractivity contribution < 1.29 is 4.42 Å². The van der Waals surface area contributed by atoms with Crippen molar-refractivity contribution in [3.8, 4) is 11.1 Å². The molecule has 6 aromatic rings. The van der Waals surface area contributed by atoms with E-state index in [9.17, 15) is 0 Å². The van der Waals surface area contributed by atoms with Crippen molar-refractivity contribution in [2.45, 2.75) is 0 Å². The van der Waals surface area contributed by atoms with Crippen LogP contribution in [0, 0.1) is 0 Å². The average Bonchev–Trinajstić information content (AvgIpc) is 3.12. The summed E-state index contributed by atoms with van der Waals surface area (Å²) >= 11 is 3.91. The molecular weight excluding hydrogens is 408 g/mol. The van der Waals surface area contributed by atoms with Crippen LogP contribution in [0.4, 0.5) is 0 Å². The highest BCUT2D eigenvalue weighted by atomic mass is 79.9. The lowest BCUT2D eigenvalue weighted by molar-refractivity contribution is 0.669. The van der Waals surface area contributed by atoms with Crippen LogP contribution in [0.25, 0.3) is 54.6 Å². The highest BCUT2D eigenvalue weighted by Crippen LogP contribution is 2.43. The fraction of sp³-hybridized carbons (Fsp3) is 0. The third kappa shape index (κ3) is 2.18. The van der Waals surface area contributed by atoms with Crippen LogP contribution in [-0.2, 0) is 0 Å². The van der Waals surface area contributed by atoms with E-state index in [2.05, 4.69) is 94.8 Å². The maximum atomic E-state index is 6.14. The zero-order chi connectivity index (χ0) is 18.7. The Morgan fingerprint density at radius 1 is 0.500 bits per heavy atom. The number of para-hydroxylation sites is 1. The second-order valence-corrected chi connectivity index (χ2v) is 7.88. The maximum absolute atomic E-state index is 6.14. The molecule has 0 aliphatic heterocycles. The van der Waals surface area contributed by atoms with Gasteiger partial charge in [-0.15, -0.1) is 0 Å². The van der Waals surface area contributed by atoms with Crippen LogP contribution in [0.3, 0.4) is 0 Å². The van der Waals surface area contributed by atoms with Crippen molar-refractivity contribution in [1.29, 1.82) is 0 Å². The first-order chi connectivity index (χ1) is 13.8. The van der Waals surface area contributed by atoms with Gasteiger partial charge in [0.15, 0.2) is 0 Å². The molecule has 0 fully saturated rings. The lowest BCUT2D eigenvalue weighted by Crippen LogP contribution is -1.87. The van der Waals surface area contributed by atoms with Gasteiger partial charge in [-0.1, -0.05) is 72.8 Å². The fourth-order valence-electron chi connectivity index (χ4n) is 4.26. The van der Waals surface area contributed by atoms with E-state index in [1.807, 2.05) is 12.1 Å². The first kappa shape index (κ1) is 15.9. The van der Waals surface area contributed by atoms with Gasteiger partial charge in [0.2, 0.25) is 0 Å². The number of fused-ring (bicyclic) bond motifs is 6. The summed E-state index contributed by atoms with van der Waals surface area (Å²) in [5, 5.41) is 7.30. The summed E-state index contributed by atoms with van der Waals surface area (Å²) in [7, 11) is 0. The smallest absolute Gasteiger partial charge is 0.136 e. The molecule has 1 heterocycles. The lowest BCUT2D eigenvalue weighted by atomic mass is 9.93. The third-order valence-electron chi connectivity index (χ3n) is 5.54. The van der Waals surface area contributed by atoms with Crippen LogP contribution >= 0.6 is 15.9 Å². The minimum absolute atomic E-state index is 0.919. The maximum Gasteiger partial charge on any atom is 0.136 e. The van der Waals surface area contributed by atoms with Gasteiger partial charge in [0.1, 0.15) is 11.2 Å². The van der Waals surface area contributed by atoms with Gasteiger partial charge in [-0.3, -0.25) is 0 Å². The molecule has 0 N–H and O–H groups in total. The molecule has 0 saturated heterocycles. The number of benzene rings is 5. The topological polar surface area (TPSA) is 13.1 Å². The molecule has 1 nitrogen and oxygen atoms in total. The lowest BCUT2D eigenvalue weighted by Gasteiger charge is -2.14. The highest BCUT2D eigenvalue weighted by Gasteiger charge is 2.15. The van der Waals surface area contributed by atoms with Gasteiger partial charge in [-0.25, -0.2) is 0 Å². The summed E-state index contributed by atoms with van der Waals surface area (Å²) in [6, 6.07) is 31.9. The molecule has 0 atom stereocenters. The van der Waals surface area contributed by atoms with E-state index in [4.69, 9.17) is 4.42 Å². The number of rotatable bonds is 1. The minimum atomic E-state index is 0.919.